The lowest BCUT2D eigenvalue weighted by molar-refractivity contribution is 0.102. The largest absolute Gasteiger partial charge is 0.296 e. The van der Waals surface area contributed by atoms with Gasteiger partial charge in [-0.2, -0.15) is 5.10 Å². The molecule has 0 spiro atoms. The molecule has 3 aromatic rings. The number of benzene rings is 1. The van der Waals surface area contributed by atoms with Crippen molar-refractivity contribution in [1.82, 2.24) is 14.8 Å². The molecule has 0 saturated carbocycles. The number of aryl methyl sites for hydroxylation is 1. The Morgan fingerprint density at radius 1 is 1.29 bits per heavy atom. The normalized spacial score (nSPS) is 11.0. The molecule has 0 unspecified atom stereocenters. The van der Waals surface area contributed by atoms with Gasteiger partial charge in [-0.1, -0.05) is 23.7 Å². The van der Waals surface area contributed by atoms with Gasteiger partial charge in [-0.05, 0) is 39.0 Å². The predicted molar refractivity (Wildman–Crippen MR) is 97.9 cm³/mol. The third-order valence-corrected chi connectivity index (χ3v) is 4.52. The zero-order valence-electron chi connectivity index (χ0n) is 13.6. The predicted octanol–water partition coefficient (Wildman–Crippen LogP) is 4.80. The molecule has 1 aromatic carbocycles. The Labute approximate surface area is 149 Å². The monoisotopic (exact) mass is 360 g/mol. The maximum atomic E-state index is 12.4. The molecule has 2 heterocycles. The molecule has 5 nitrogen and oxygen atoms in total. The summed E-state index contributed by atoms with van der Waals surface area (Å²) in [5, 5.41) is 10.3. The zero-order chi connectivity index (χ0) is 17.3. The summed E-state index contributed by atoms with van der Waals surface area (Å²) in [6.07, 6.45) is 0. The van der Waals surface area contributed by atoms with E-state index in [1.165, 1.54) is 11.3 Å². The van der Waals surface area contributed by atoms with Crippen molar-refractivity contribution < 1.29 is 4.79 Å². The van der Waals surface area contributed by atoms with Crippen LogP contribution in [0.25, 0.3) is 11.3 Å². The summed E-state index contributed by atoms with van der Waals surface area (Å²) in [4.78, 5) is 16.8. The van der Waals surface area contributed by atoms with Crippen LogP contribution in [0.5, 0.6) is 0 Å². The third kappa shape index (κ3) is 3.49. The maximum Gasteiger partial charge on any atom is 0.277 e. The van der Waals surface area contributed by atoms with E-state index in [4.69, 9.17) is 11.6 Å². The fourth-order valence-electron chi connectivity index (χ4n) is 2.37. The van der Waals surface area contributed by atoms with E-state index in [1.807, 2.05) is 55.1 Å². The van der Waals surface area contributed by atoms with Crippen LogP contribution in [0.15, 0.2) is 35.7 Å². The fourth-order valence-corrected chi connectivity index (χ4v) is 3.21. The van der Waals surface area contributed by atoms with Crippen LogP contribution in [0, 0.1) is 6.92 Å². The van der Waals surface area contributed by atoms with Crippen molar-refractivity contribution in [3.8, 4) is 11.3 Å². The molecular weight excluding hydrogens is 344 g/mol. The number of aromatic nitrogens is 3. The SMILES string of the molecule is Cc1cc(C(=O)Nc2nc(-c3ccc(Cl)cc3)cs2)nn1C(C)C. The number of hydrogen-bond acceptors (Lipinski definition) is 4. The minimum absolute atomic E-state index is 0.211. The highest BCUT2D eigenvalue weighted by atomic mass is 35.5. The molecule has 0 aliphatic carbocycles. The number of hydrogen-bond donors (Lipinski definition) is 1. The number of halogens is 1. The summed E-state index contributed by atoms with van der Waals surface area (Å²) in [5.41, 5.74) is 3.10. The van der Waals surface area contributed by atoms with E-state index in [0.29, 0.717) is 15.8 Å². The van der Waals surface area contributed by atoms with Gasteiger partial charge in [0, 0.05) is 27.7 Å². The molecule has 0 radical (unpaired) electrons. The van der Waals surface area contributed by atoms with Crippen molar-refractivity contribution in [3.63, 3.8) is 0 Å². The van der Waals surface area contributed by atoms with Crippen LogP contribution in [0.3, 0.4) is 0 Å². The maximum absolute atomic E-state index is 12.4. The molecule has 24 heavy (non-hydrogen) atoms. The molecule has 0 aliphatic heterocycles. The minimum Gasteiger partial charge on any atom is -0.296 e. The second kappa shape index (κ2) is 6.75. The molecule has 0 atom stereocenters. The van der Waals surface area contributed by atoms with Gasteiger partial charge in [-0.25, -0.2) is 4.98 Å². The first-order valence-corrected chi connectivity index (χ1v) is 8.79. The lowest BCUT2D eigenvalue weighted by Crippen LogP contribution is -2.13. The highest BCUT2D eigenvalue weighted by Crippen LogP contribution is 2.26. The van der Waals surface area contributed by atoms with Gasteiger partial charge in [0.15, 0.2) is 10.8 Å². The number of carbonyl (C=O) groups excluding carboxylic acids is 1. The summed E-state index contributed by atoms with van der Waals surface area (Å²) in [6, 6.07) is 9.42. The molecule has 3 rings (SSSR count). The van der Waals surface area contributed by atoms with Crippen LogP contribution in [0.2, 0.25) is 5.02 Å². The average molecular weight is 361 g/mol. The average Bonchev–Trinajstić information content (AvgIpc) is 3.15. The van der Waals surface area contributed by atoms with Crippen LogP contribution >= 0.6 is 22.9 Å². The van der Waals surface area contributed by atoms with Gasteiger partial charge in [0.1, 0.15) is 0 Å². The van der Waals surface area contributed by atoms with E-state index < -0.39 is 0 Å². The van der Waals surface area contributed by atoms with E-state index in [-0.39, 0.29) is 11.9 Å². The highest BCUT2D eigenvalue weighted by Gasteiger charge is 2.15. The van der Waals surface area contributed by atoms with Gasteiger partial charge in [0.25, 0.3) is 5.91 Å². The van der Waals surface area contributed by atoms with Crippen molar-refractivity contribution in [2.24, 2.45) is 0 Å². The molecule has 7 heteroatoms. The number of nitrogens with one attached hydrogen (secondary N) is 1. The van der Waals surface area contributed by atoms with Crippen LogP contribution < -0.4 is 5.32 Å². The molecule has 0 bridgehead atoms. The standard InChI is InChI=1S/C17H17ClN4OS/c1-10(2)22-11(3)8-14(21-22)16(23)20-17-19-15(9-24-17)12-4-6-13(18)7-5-12/h4-10H,1-3H3,(H,19,20,23). The van der Waals surface area contributed by atoms with E-state index in [0.717, 1.165) is 17.0 Å². The van der Waals surface area contributed by atoms with Crippen LogP contribution in [-0.2, 0) is 0 Å². The Hall–Kier alpha value is -2.18. The van der Waals surface area contributed by atoms with E-state index >= 15 is 0 Å². The first-order valence-electron chi connectivity index (χ1n) is 7.53. The van der Waals surface area contributed by atoms with E-state index in [2.05, 4.69) is 15.4 Å². The number of nitrogens with zero attached hydrogens (tertiary/aromatic N) is 3. The van der Waals surface area contributed by atoms with Crippen molar-refractivity contribution in [2.45, 2.75) is 26.8 Å². The van der Waals surface area contributed by atoms with Crippen LogP contribution in [0.4, 0.5) is 5.13 Å². The number of thiazole rings is 1. The Morgan fingerprint density at radius 3 is 2.62 bits per heavy atom. The Bertz CT molecular complexity index is 867. The molecule has 2 aromatic heterocycles. The number of carbonyl (C=O) groups is 1. The van der Waals surface area contributed by atoms with Gasteiger partial charge in [-0.3, -0.25) is 14.8 Å². The van der Waals surface area contributed by atoms with Crippen molar-refractivity contribution >= 4 is 34.0 Å². The first kappa shape index (κ1) is 16.7. The Balaban J connectivity index is 1.76. The second-order valence-corrected chi connectivity index (χ2v) is 7.00. The number of rotatable bonds is 4. The minimum atomic E-state index is -0.255. The van der Waals surface area contributed by atoms with Gasteiger partial charge in [-0.15, -0.1) is 11.3 Å². The lowest BCUT2D eigenvalue weighted by Gasteiger charge is -2.06. The summed E-state index contributed by atoms with van der Waals surface area (Å²) in [6.45, 7) is 5.99. The molecule has 0 fully saturated rings. The van der Waals surface area contributed by atoms with Gasteiger partial charge in [0.05, 0.1) is 5.69 Å². The van der Waals surface area contributed by atoms with Crippen molar-refractivity contribution in [1.29, 1.82) is 0 Å². The third-order valence-electron chi connectivity index (χ3n) is 3.51. The molecular formula is C17H17ClN4OS. The molecule has 0 saturated heterocycles. The van der Waals surface area contributed by atoms with Crippen molar-refractivity contribution in [2.75, 3.05) is 5.32 Å². The van der Waals surface area contributed by atoms with Crippen molar-refractivity contribution in [3.05, 3.63) is 52.1 Å². The Kier molecular flexibility index (Phi) is 4.69. The van der Waals surface area contributed by atoms with Crippen LogP contribution in [0.1, 0.15) is 36.1 Å². The topological polar surface area (TPSA) is 59.8 Å². The van der Waals surface area contributed by atoms with Gasteiger partial charge in [0.2, 0.25) is 0 Å². The summed E-state index contributed by atoms with van der Waals surface area (Å²) < 4.78 is 1.83. The highest BCUT2D eigenvalue weighted by molar-refractivity contribution is 7.14. The Morgan fingerprint density at radius 2 is 2.00 bits per heavy atom. The summed E-state index contributed by atoms with van der Waals surface area (Å²) >= 11 is 7.27. The lowest BCUT2D eigenvalue weighted by atomic mass is 10.2. The van der Waals surface area contributed by atoms with E-state index in [1.54, 1.807) is 6.07 Å². The fraction of sp³-hybridized carbons (Fsp3) is 0.235. The van der Waals surface area contributed by atoms with Crippen LogP contribution in [-0.4, -0.2) is 20.7 Å². The van der Waals surface area contributed by atoms with E-state index in [9.17, 15) is 4.79 Å². The molecule has 0 aliphatic rings. The first-order chi connectivity index (χ1) is 11.4. The zero-order valence-corrected chi connectivity index (χ0v) is 15.1. The number of anilines is 1. The molecule has 1 N–H and O–H groups in total. The smallest absolute Gasteiger partial charge is 0.277 e. The summed E-state index contributed by atoms with van der Waals surface area (Å²) in [5.74, 6) is -0.255. The molecule has 124 valence electrons. The van der Waals surface area contributed by atoms with Gasteiger partial charge < -0.3 is 0 Å². The quantitative estimate of drug-likeness (QED) is 0.726. The molecule has 1 amide bonds. The number of amides is 1. The van der Waals surface area contributed by atoms with Gasteiger partial charge >= 0.3 is 0 Å². The summed E-state index contributed by atoms with van der Waals surface area (Å²) in [7, 11) is 0. The second-order valence-electron chi connectivity index (χ2n) is 5.71.